The highest BCUT2D eigenvalue weighted by Crippen LogP contribution is 2.38. The van der Waals surface area contributed by atoms with Crippen LogP contribution in [0.4, 0.5) is 23.2 Å². The highest BCUT2D eigenvalue weighted by atomic mass is 19.4. The lowest BCUT2D eigenvalue weighted by atomic mass is 10.0. The summed E-state index contributed by atoms with van der Waals surface area (Å²) in [5.41, 5.74) is 1.57. The van der Waals surface area contributed by atoms with Gasteiger partial charge in [-0.05, 0) is 74.2 Å². The number of alkyl halides is 4. The van der Waals surface area contributed by atoms with Gasteiger partial charge in [-0.15, -0.1) is 0 Å². The second-order valence-corrected chi connectivity index (χ2v) is 9.03. The standard InChI is InChI=1S/C26H30F4N4O/c1-31-35-25(21-7-4-19(5-8-21)18-33-12-2-3-13-33)32-17-20-6-9-24(23(16-20)26(28,29)30)34-14-10-22(27)11-15-34/h4-9,16,22H,1-3,10-15,17-18H2. The van der Waals surface area contributed by atoms with Crippen LogP contribution in [0.25, 0.3) is 0 Å². The molecule has 0 atom stereocenters. The number of halogens is 4. The van der Waals surface area contributed by atoms with Crippen LogP contribution in [0.3, 0.4) is 0 Å². The summed E-state index contributed by atoms with van der Waals surface area (Å²) in [4.78, 5) is 13.6. The molecule has 5 nitrogen and oxygen atoms in total. The molecule has 2 aliphatic rings. The average molecular weight is 491 g/mol. The van der Waals surface area contributed by atoms with Crippen LogP contribution < -0.4 is 4.90 Å². The van der Waals surface area contributed by atoms with Gasteiger partial charge in [-0.25, -0.2) is 9.38 Å². The number of benzene rings is 2. The first-order chi connectivity index (χ1) is 16.8. The molecule has 2 aliphatic heterocycles. The zero-order valence-corrected chi connectivity index (χ0v) is 19.6. The summed E-state index contributed by atoms with van der Waals surface area (Å²) in [6.07, 6.45) is -2.58. The second-order valence-electron chi connectivity index (χ2n) is 9.03. The summed E-state index contributed by atoms with van der Waals surface area (Å²) < 4.78 is 55.0. The SMILES string of the molecule is C=NOC(=NCc1ccc(N2CCC(F)CC2)c(C(F)(F)F)c1)c1ccc(CN2CCCC2)cc1. The fourth-order valence-electron chi connectivity index (χ4n) is 4.62. The number of piperidine rings is 1. The molecule has 2 saturated heterocycles. The van der Waals surface area contributed by atoms with Crippen molar-refractivity contribution in [2.24, 2.45) is 10.1 Å². The van der Waals surface area contributed by atoms with Crippen molar-refractivity contribution in [1.29, 1.82) is 0 Å². The number of anilines is 1. The predicted octanol–water partition coefficient (Wildman–Crippen LogP) is 5.82. The van der Waals surface area contributed by atoms with Gasteiger partial charge in [0.15, 0.2) is 0 Å². The number of nitrogens with zero attached hydrogens (tertiary/aromatic N) is 4. The third kappa shape index (κ3) is 6.60. The quantitative estimate of drug-likeness (QED) is 0.213. The number of likely N-dealkylation sites (tertiary alicyclic amines) is 1. The summed E-state index contributed by atoms with van der Waals surface area (Å²) >= 11 is 0. The van der Waals surface area contributed by atoms with Gasteiger partial charge in [-0.1, -0.05) is 23.4 Å². The maximum Gasteiger partial charge on any atom is 0.418 e. The Kier molecular flexibility index (Phi) is 8.05. The molecule has 2 aromatic carbocycles. The van der Waals surface area contributed by atoms with Crippen molar-refractivity contribution < 1.29 is 22.4 Å². The lowest BCUT2D eigenvalue weighted by Crippen LogP contribution is -2.35. The lowest BCUT2D eigenvalue weighted by Gasteiger charge is -2.32. The van der Waals surface area contributed by atoms with Gasteiger partial charge in [0.25, 0.3) is 5.90 Å². The lowest BCUT2D eigenvalue weighted by molar-refractivity contribution is -0.137. The minimum atomic E-state index is -4.53. The number of oxime groups is 1. The molecule has 0 unspecified atom stereocenters. The minimum Gasteiger partial charge on any atom is -0.371 e. The molecule has 0 spiro atoms. The number of rotatable bonds is 7. The fraction of sp³-hybridized carbons (Fsp3) is 0.462. The Hall–Kier alpha value is -2.94. The molecule has 35 heavy (non-hydrogen) atoms. The molecule has 2 aromatic rings. The molecule has 9 heteroatoms. The third-order valence-corrected chi connectivity index (χ3v) is 6.49. The summed E-state index contributed by atoms with van der Waals surface area (Å²) in [5, 5.41) is 3.46. The molecule has 0 amide bonds. The zero-order chi connectivity index (χ0) is 24.8. The molecule has 0 aromatic heterocycles. The van der Waals surface area contributed by atoms with Gasteiger partial charge in [0.05, 0.1) is 12.1 Å². The smallest absolute Gasteiger partial charge is 0.371 e. The molecule has 0 saturated carbocycles. The van der Waals surface area contributed by atoms with Crippen LogP contribution in [0.15, 0.2) is 52.6 Å². The molecule has 4 rings (SSSR count). The van der Waals surface area contributed by atoms with E-state index in [1.165, 1.54) is 24.5 Å². The summed E-state index contributed by atoms with van der Waals surface area (Å²) in [7, 11) is 0. The van der Waals surface area contributed by atoms with Gasteiger partial charge in [0.2, 0.25) is 0 Å². The maximum absolute atomic E-state index is 13.8. The maximum atomic E-state index is 13.8. The summed E-state index contributed by atoms with van der Waals surface area (Å²) in [5.74, 6) is 0.190. The Morgan fingerprint density at radius 2 is 1.63 bits per heavy atom. The first-order valence-corrected chi connectivity index (χ1v) is 11.9. The van der Waals surface area contributed by atoms with Crippen LogP contribution >= 0.6 is 0 Å². The van der Waals surface area contributed by atoms with E-state index in [-0.39, 0.29) is 44.1 Å². The van der Waals surface area contributed by atoms with E-state index in [9.17, 15) is 17.6 Å². The number of hydrogen-bond acceptors (Lipinski definition) is 5. The van der Waals surface area contributed by atoms with Crippen molar-refractivity contribution in [3.05, 3.63) is 64.7 Å². The Morgan fingerprint density at radius 1 is 0.971 bits per heavy atom. The predicted molar refractivity (Wildman–Crippen MR) is 130 cm³/mol. The van der Waals surface area contributed by atoms with Crippen molar-refractivity contribution in [1.82, 2.24) is 4.90 Å². The Morgan fingerprint density at radius 3 is 2.26 bits per heavy atom. The zero-order valence-electron chi connectivity index (χ0n) is 19.6. The van der Waals surface area contributed by atoms with Crippen molar-refractivity contribution in [2.75, 3.05) is 31.1 Å². The van der Waals surface area contributed by atoms with Gasteiger partial charge < -0.3 is 9.74 Å². The molecule has 188 valence electrons. The van der Waals surface area contributed by atoms with Crippen LogP contribution in [0.1, 0.15) is 47.9 Å². The van der Waals surface area contributed by atoms with Crippen LogP contribution in [-0.2, 0) is 24.1 Å². The van der Waals surface area contributed by atoms with Crippen LogP contribution in [0.5, 0.6) is 0 Å². The van der Waals surface area contributed by atoms with E-state index in [0.717, 1.165) is 25.7 Å². The molecule has 0 aliphatic carbocycles. The first kappa shape index (κ1) is 25.2. The second kappa shape index (κ2) is 11.2. The van der Waals surface area contributed by atoms with Crippen molar-refractivity contribution >= 4 is 18.3 Å². The largest absolute Gasteiger partial charge is 0.418 e. The van der Waals surface area contributed by atoms with E-state index < -0.39 is 17.9 Å². The highest BCUT2D eigenvalue weighted by Gasteiger charge is 2.36. The van der Waals surface area contributed by atoms with Crippen LogP contribution in [0, 0.1) is 0 Å². The average Bonchev–Trinajstić information content (AvgIpc) is 3.35. The normalized spacial score (nSPS) is 18.2. The van der Waals surface area contributed by atoms with E-state index in [2.05, 4.69) is 21.8 Å². The van der Waals surface area contributed by atoms with E-state index in [4.69, 9.17) is 4.84 Å². The Balaban J connectivity index is 1.51. The number of hydrogen-bond donors (Lipinski definition) is 0. The van der Waals surface area contributed by atoms with Crippen molar-refractivity contribution in [3.63, 3.8) is 0 Å². The minimum absolute atomic E-state index is 0.0176. The van der Waals surface area contributed by atoms with Gasteiger partial charge in [0.1, 0.15) is 6.17 Å². The summed E-state index contributed by atoms with van der Waals surface area (Å²) in [6, 6.07) is 11.9. The molecular weight excluding hydrogens is 460 g/mol. The van der Waals surface area contributed by atoms with Gasteiger partial charge in [-0.3, -0.25) is 4.90 Å². The van der Waals surface area contributed by atoms with E-state index in [1.54, 1.807) is 11.0 Å². The van der Waals surface area contributed by atoms with Crippen LogP contribution in [-0.4, -0.2) is 49.9 Å². The van der Waals surface area contributed by atoms with Gasteiger partial charge in [0, 0.05) is 37.6 Å². The first-order valence-electron chi connectivity index (χ1n) is 11.9. The monoisotopic (exact) mass is 490 g/mol. The van der Waals surface area contributed by atoms with Gasteiger partial charge in [-0.2, -0.15) is 13.2 Å². The molecular formula is C26H30F4N4O. The van der Waals surface area contributed by atoms with E-state index in [1.807, 2.05) is 24.3 Å². The van der Waals surface area contributed by atoms with E-state index in [0.29, 0.717) is 11.1 Å². The van der Waals surface area contributed by atoms with Crippen LogP contribution in [0.2, 0.25) is 0 Å². The Labute approximate surface area is 203 Å². The highest BCUT2D eigenvalue weighted by molar-refractivity contribution is 5.94. The molecule has 0 radical (unpaired) electrons. The van der Waals surface area contributed by atoms with Gasteiger partial charge >= 0.3 is 6.18 Å². The number of aliphatic imine (C=N–C) groups is 1. The van der Waals surface area contributed by atoms with Crippen molar-refractivity contribution in [3.8, 4) is 0 Å². The summed E-state index contributed by atoms with van der Waals surface area (Å²) in [6.45, 7) is 6.93. The molecule has 2 fully saturated rings. The molecule has 0 N–H and O–H groups in total. The topological polar surface area (TPSA) is 40.4 Å². The fourth-order valence-corrected chi connectivity index (χ4v) is 4.62. The Bertz CT molecular complexity index is 1020. The van der Waals surface area contributed by atoms with Crippen molar-refractivity contribution in [2.45, 2.75) is 51.1 Å². The third-order valence-electron chi connectivity index (χ3n) is 6.49. The van der Waals surface area contributed by atoms with E-state index >= 15 is 0 Å². The molecule has 0 bridgehead atoms. The molecule has 2 heterocycles.